The number of piperidine rings is 1. The van der Waals surface area contributed by atoms with Gasteiger partial charge in [0.2, 0.25) is 10.0 Å². The van der Waals surface area contributed by atoms with Crippen LogP contribution < -0.4 is 10.6 Å². The second kappa shape index (κ2) is 9.84. The van der Waals surface area contributed by atoms with Gasteiger partial charge in [0.25, 0.3) is 0 Å². The van der Waals surface area contributed by atoms with E-state index < -0.39 is 10.0 Å². The zero-order valence-corrected chi connectivity index (χ0v) is 17.4. The lowest BCUT2D eigenvalue weighted by Gasteiger charge is -2.26. The quantitative estimate of drug-likeness (QED) is 0.559. The standard InChI is InChI=1S/C21H27FN4O2S/c1-23-21(24-15-17-8-10-19(22)11-9-17)25-16-18-6-5-7-20(14-18)29(27,28)26-12-3-2-4-13-26/h5-11,14H,2-4,12-13,15-16H2,1H3,(H2,23,24,25). The fraction of sp³-hybridized carbons (Fsp3) is 0.381. The molecule has 2 aromatic rings. The SMILES string of the molecule is CN=C(NCc1ccc(F)cc1)NCc1cccc(S(=O)(=O)N2CCCCC2)c1. The summed E-state index contributed by atoms with van der Waals surface area (Å²) in [4.78, 5) is 4.50. The zero-order chi connectivity index (χ0) is 20.7. The van der Waals surface area contributed by atoms with Crippen molar-refractivity contribution < 1.29 is 12.8 Å². The molecule has 2 aromatic carbocycles. The first kappa shape index (κ1) is 21.3. The van der Waals surface area contributed by atoms with Crippen molar-refractivity contribution in [1.82, 2.24) is 14.9 Å². The summed E-state index contributed by atoms with van der Waals surface area (Å²) < 4.78 is 40.3. The summed E-state index contributed by atoms with van der Waals surface area (Å²) in [6.45, 7) is 2.12. The van der Waals surface area contributed by atoms with Crippen molar-refractivity contribution in [3.63, 3.8) is 0 Å². The lowest BCUT2D eigenvalue weighted by atomic mass is 10.2. The Morgan fingerprint density at radius 3 is 2.31 bits per heavy atom. The minimum absolute atomic E-state index is 0.268. The summed E-state index contributed by atoms with van der Waals surface area (Å²) >= 11 is 0. The molecular weight excluding hydrogens is 391 g/mol. The van der Waals surface area contributed by atoms with E-state index in [4.69, 9.17) is 0 Å². The Bertz CT molecular complexity index is 939. The van der Waals surface area contributed by atoms with Crippen LogP contribution in [0, 0.1) is 5.82 Å². The van der Waals surface area contributed by atoms with Gasteiger partial charge >= 0.3 is 0 Å². The molecule has 0 atom stereocenters. The Hall–Kier alpha value is -2.45. The molecule has 0 spiro atoms. The van der Waals surface area contributed by atoms with E-state index in [0.29, 0.717) is 37.0 Å². The molecule has 1 fully saturated rings. The van der Waals surface area contributed by atoms with E-state index in [1.54, 1.807) is 41.7 Å². The van der Waals surface area contributed by atoms with Gasteiger partial charge in [-0.15, -0.1) is 0 Å². The fourth-order valence-electron chi connectivity index (χ4n) is 3.26. The third kappa shape index (κ3) is 5.77. The van der Waals surface area contributed by atoms with Crippen LogP contribution in [0.5, 0.6) is 0 Å². The summed E-state index contributed by atoms with van der Waals surface area (Å²) in [6.07, 6.45) is 2.91. The van der Waals surface area contributed by atoms with Gasteiger partial charge in [-0.3, -0.25) is 4.99 Å². The monoisotopic (exact) mass is 418 g/mol. The summed E-state index contributed by atoms with van der Waals surface area (Å²) in [5.41, 5.74) is 1.79. The van der Waals surface area contributed by atoms with E-state index in [1.165, 1.54) is 12.1 Å². The van der Waals surface area contributed by atoms with Crippen LogP contribution in [-0.2, 0) is 23.1 Å². The summed E-state index contributed by atoms with van der Waals surface area (Å²) in [5, 5.41) is 6.34. The first-order chi connectivity index (χ1) is 14.0. The van der Waals surface area contributed by atoms with Gasteiger partial charge in [-0.05, 0) is 48.2 Å². The van der Waals surface area contributed by atoms with Crippen molar-refractivity contribution in [2.75, 3.05) is 20.1 Å². The van der Waals surface area contributed by atoms with Crippen LogP contribution in [0.3, 0.4) is 0 Å². The predicted molar refractivity (Wildman–Crippen MR) is 112 cm³/mol. The first-order valence-electron chi connectivity index (χ1n) is 9.77. The lowest BCUT2D eigenvalue weighted by molar-refractivity contribution is 0.346. The molecule has 6 nitrogen and oxygen atoms in total. The first-order valence-corrected chi connectivity index (χ1v) is 11.2. The van der Waals surface area contributed by atoms with Crippen LogP contribution in [0.1, 0.15) is 30.4 Å². The number of hydrogen-bond acceptors (Lipinski definition) is 3. The third-order valence-electron chi connectivity index (χ3n) is 4.91. The number of nitrogens with one attached hydrogen (secondary N) is 2. The van der Waals surface area contributed by atoms with Crippen LogP contribution in [0.4, 0.5) is 4.39 Å². The molecule has 0 bridgehead atoms. The molecule has 8 heteroatoms. The maximum atomic E-state index is 13.0. The molecule has 1 aliphatic heterocycles. The molecule has 0 aliphatic carbocycles. The normalized spacial score (nSPS) is 15.9. The molecule has 1 aliphatic rings. The van der Waals surface area contributed by atoms with Gasteiger partial charge in [0.15, 0.2) is 5.96 Å². The molecular formula is C21H27FN4O2S. The highest BCUT2D eigenvalue weighted by molar-refractivity contribution is 7.89. The van der Waals surface area contributed by atoms with Gasteiger partial charge in [-0.25, -0.2) is 12.8 Å². The second-order valence-corrected chi connectivity index (χ2v) is 8.96. The maximum Gasteiger partial charge on any atom is 0.243 e. The minimum Gasteiger partial charge on any atom is -0.352 e. The van der Waals surface area contributed by atoms with Crippen LogP contribution >= 0.6 is 0 Å². The highest BCUT2D eigenvalue weighted by Gasteiger charge is 2.25. The molecule has 3 rings (SSSR count). The van der Waals surface area contributed by atoms with Crippen LogP contribution in [0.25, 0.3) is 0 Å². The molecule has 1 heterocycles. The van der Waals surface area contributed by atoms with E-state index >= 15 is 0 Å². The Balaban J connectivity index is 1.59. The molecule has 0 radical (unpaired) electrons. The molecule has 0 aromatic heterocycles. The van der Waals surface area contributed by atoms with Crippen molar-refractivity contribution in [2.24, 2.45) is 4.99 Å². The van der Waals surface area contributed by atoms with Crippen LogP contribution in [0.15, 0.2) is 58.4 Å². The van der Waals surface area contributed by atoms with Crippen molar-refractivity contribution in [3.05, 3.63) is 65.5 Å². The number of guanidine groups is 1. The average molecular weight is 419 g/mol. The number of halogens is 1. The number of hydrogen-bond donors (Lipinski definition) is 2. The largest absolute Gasteiger partial charge is 0.352 e. The van der Waals surface area contributed by atoms with Gasteiger partial charge in [0.1, 0.15) is 5.82 Å². The number of aliphatic imine (C=N–C) groups is 1. The minimum atomic E-state index is -3.45. The van der Waals surface area contributed by atoms with Crippen molar-refractivity contribution >= 4 is 16.0 Å². The van der Waals surface area contributed by atoms with Gasteiger partial charge in [-0.1, -0.05) is 30.7 Å². The van der Waals surface area contributed by atoms with Gasteiger partial charge in [0, 0.05) is 33.2 Å². The Morgan fingerprint density at radius 2 is 1.66 bits per heavy atom. The number of benzene rings is 2. The zero-order valence-electron chi connectivity index (χ0n) is 16.6. The number of sulfonamides is 1. The van der Waals surface area contributed by atoms with Crippen molar-refractivity contribution in [1.29, 1.82) is 0 Å². The summed E-state index contributed by atoms with van der Waals surface area (Å²) in [7, 11) is -1.79. The van der Waals surface area contributed by atoms with E-state index in [2.05, 4.69) is 15.6 Å². The predicted octanol–water partition coefficient (Wildman–Crippen LogP) is 2.87. The van der Waals surface area contributed by atoms with Gasteiger partial charge < -0.3 is 10.6 Å². The summed E-state index contributed by atoms with van der Waals surface area (Å²) in [5.74, 6) is 0.314. The number of nitrogens with zero attached hydrogens (tertiary/aromatic N) is 2. The van der Waals surface area contributed by atoms with E-state index in [-0.39, 0.29) is 5.82 Å². The molecule has 29 heavy (non-hydrogen) atoms. The smallest absolute Gasteiger partial charge is 0.243 e. The average Bonchev–Trinajstić information content (AvgIpc) is 2.76. The highest BCUT2D eigenvalue weighted by atomic mass is 32.2. The molecule has 156 valence electrons. The van der Waals surface area contributed by atoms with Crippen molar-refractivity contribution in [3.8, 4) is 0 Å². The van der Waals surface area contributed by atoms with Crippen molar-refractivity contribution in [2.45, 2.75) is 37.2 Å². The molecule has 0 unspecified atom stereocenters. The lowest BCUT2D eigenvalue weighted by Crippen LogP contribution is -2.36. The van der Waals surface area contributed by atoms with Gasteiger partial charge in [-0.2, -0.15) is 4.31 Å². The maximum absolute atomic E-state index is 13.0. The Labute approximate surface area is 171 Å². The molecule has 0 saturated carbocycles. The highest BCUT2D eigenvalue weighted by Crippen LogP contribution is 2.21. The third-order valence-corrected chi connectivity index (χ3v) is 6.80. The van der Waals surface area contributed by atoms with Crippen LogP contribution in [-0.4, -0.2) is 38.8 Å². The van der Waals surface area contributed by atoms with Gasteiger partial charge in [0.05, 0.1) is 4.90 Å². The Kier molecular flexibility index (Phi) is 7.22. The Morgan fingerprint density at radius 1 is 1.00 bits per heavy atom. The van der Waals surface area contributed by atoms with E-state index in [9.17, 15) is 12.8 Å². The fourth-order valence-corrected chi connectivity index (χ4v) is 4.85. The van der Waals surface area contributed by atoms with E-state index in [1.807, 2.05) is 6.07 Å². The molecule has 1 saturated heterocycles. The molecule has 2 N–H and O–H groups in total. The van der Waals surface area contributed by atoms with E-state index in [0.717, 1.165) is 30.4 Å². The van der Waals surface area contributed by atoms with Crippen LogP contribution in [0.2, 0.25) is 0 Å². The number of rotatable bonds is 6. The second-order valence-electron chi connectivity index (χ2n) is 7.02. The summed E-state index contributed by atoms with van der Waals surface area (Å²) in [6, 6.07) is 13.3. The topological polar surface area (TPSA) is 73.8 Å². The molecule has 0 amide bonds.